The Morgan fingerprint density at radius 3 is 2.81 bits per heavy atom. The zero-order chi connectivity index (χ0) is 12.0. The highest BCUT2D eigenvalue weighted by Crippen LogP contribution is 2.23. The number of hydrogen-bond acceptors (Lipinski definition) is 4. The summed E-state index contributed by atoms with van der Waals surface area (Å²) in [7, 11) is 0. The molecule has 0 fully saturated rings. The van der Waals surface area contributed by atoms with Crippen molar-refractivity contribution in [2.45, 2.75) is 18.9 Å². The second-order valence-electron chi connectivity index (χ2n) is 3.21. The van der Waals surface area contributed by atoms with Gasteiger partial charge < -0.3 is 0 Å². The van der Waals surface area contributed by atoms with Crippen LogP contribution in [0.4, 0.5) is 0 Å². The van der Waals surface area contributed by atoms with Gasteiger partial charge in [0.25, 0.3) is 0 Å². The number of hydrogen-bond donors (Lipinski definition) is 0. The number of thioether (sulfide) groups is 1. The fourth-order valence-corrected chi connectivity index (χ4v) is 2.18. The van der Waals surface area contributed by atoms with Crippen LogP contribution in [-0.4, -0.2) is 10.7 Å². The number of nitriles is 2. The van der Waals surface area contributed by atoms with Gasteiger partial charge in [0, 0.05) is 17.5 Å². The largest absolute Gasteiger partial charge is 0.245 e. The molecule has 0 aromatic carbocycles. The van der Waals surface area contributed by atoms with Gasteiger partial charge >= 0.3 is 0 Å². The zero-order valence-corrected chi connectivity index (χ0v) is 10.0. The highest BCUT2D eigenvalue weighted by molar-refractivity contribution is 7.99. The summed E-state index contributed by atoms with van der Waals surface area (Å²) in [5, 5.41) is 18.1. The number of nitrogens with zero attached hydrogens (tertiary/aromatic N) is 3. The first-order valence-electron chi connectivity index (χ1n) is 4.74. The maximum Gasteiger partial charge on any atom is 0.115 e. The number of rotatable bonds is 3. The van der Waals surface area contributed by atoms with Gasteiger partial charge in [-0.05, 0) is 25.5 Å². The third-order valence-electron chi connectivity index (χ3n) is 1.93. The molecule has 0 N–H and O–H groups in total. The van der Waals surface area contributed by atoms with E-state index in [0.717, 1.165) is 16.3 Å². The van der Waals surface area contributed by atoms with Gasteiger partial charge in [0.05, 0.1) is 11.6 Å². The van der Waals surface area contributed by atoms with Crippen molar-refractivity contribution < 1.29 is 0 Å². The predicted octanol–water partition coefficient (Wildman–Crippen LogP) is 2.74. The van der Waals surface area contributed by atoms with Gasteiger partial charge in [-0.25, -0.2) is 4.98 Å². The first-order valence-corrected chi connectivity index (χ1v) is 5.73. The highest BCUT2D eigenvalue weighted by atomic mass is 32.2. The van der Waals surface area contributed by atoms with Crippen LogP contribution in [0.15, 0.2) is 23.2 Å². The van der Waals surface area contributed by atoms with E-state index in [2.05, 4.69) is 11.1 Å². The Morgan fingerprint density at radius 2 is 2.19 bits per heavy atom. The molecule has 16 heavy (non-hydrogen) atoms. The van der Waals surface area contributed by atoms with Crippen LogP contribution in [0.2, 0.25) is 0 Å². The van der Waals surface area contributed by atoms with Crippen LogP contribution in [0, 0.1) is 36.5 Å². The molecule has 1 heterocycles. The summed E-state index contributed by atoms with van der Waals surface area (Å²) in [4.78, 5) is 4.33. The number of pyridine rings is 1. The molecule has 1 aromatic rings. The molecule has 80 valence electrons. The molecule has 0 saturated carbocycles. The second kappa shape index (κ2) is 5.95. The van der Waals surface area contributed by atoms with Gasteiger partial charge in [-0.3, -0.25) is 0 Å². The van der Waals surface area contributed by atoms with Crippen LogP contribution >= 0.6 is 11.8 Å². The van der Waals surface area contributed by atoms with Gasteiger partial charge in [-0.1, -0.05) is 6.08 Å². The molecule has 0 aliphatic carbocycles. The molecule has 1 rings (SSSR count). The minimum atomic E-state index is 0.626. The van der Waals surface area contributed by atoms with Crippen LogP contribution in [0.5, 0.6) is 0 Å². The molecule has 0 spiro atoms. The summed E-state index contributed by atoms with van der Waals surface area (Å²) >= 11 is 1.47. The second-order valence-corrected chi connectivity index (χ2v) is 4.22. The fraction of sp³-hybridized carbons (Fsp3) is 0.250. The van der Waals surface area contributed by atoms with Crippen molar-refractivity contribution >= 4 is 11.8 Å². The summed E-state index contributed by atoms with van der Waals surface area (Å²) in [5.41, 5.74) is 2.48. The van der Waals surface area contributed by atoms with E-state index in [1.54, 1.807) is 6.08 Å². The Labute approximate surface area is 99.4 Å². The van der Waals surface area contributed by atoms with E-state index in [4.69, 9.17) is 10.5 Å². The van der Waals surface area contributed by atoms with Gasteiger partial charge in [0.15, 0.2) is 0 Å². The van der Waals surface area contributed by atoms with Gasteiger partial charge in [-0.15, -0.1) is 11.8 Å². The Hall–Kier alpha value is -1.78. The summed E-state index contributed by atoms with van der Waals surface area (Å²) in [6, 6.07) is 5.98. The van der Waals surface area contributed by atoms with Gasteiger partial charge in [-0.2, -0.15) is 10.5 Å². The van der Waals surface area contributed by atoms with Crippen LogP contribution in [0.3, 0.4) is 0 Å². The Kier molecular flexibility index (Phi) is 4.57. The van der Waals surface area contributed by atoms with Crippen molar-refractivity contribution in [2.24, 2.45) is 0 Å². The van der Waals surface area contributed by atoms with Crippen LogP contribution in [0.1, 0.15) is 16.8 Å². The third-order valence-corrected chi connectivity index (χ3v) is 2.86. The molecule has 0 bridgehead atoms. The van der Waals surface area contributed by atoms with E-state index in [0.29, 0.717) is 11.3 Å². The van der Waals surface area contributed by atoms with Crippen LogP contribution in [0.25, 0.3) is 0 Å². The van der Waals surface area contributed by atoms with Crippen LogP contribution in [-0.2, 0) is 0 Å². The average Bonchev–Trinajstić information content (AvgIpc) is 2.24. The number of aromatic nitrogens is 1. The third kappa shape index (κ3) is 3.12. The van der Waals surface area contributed by atoms with E-state index in [9.17, 15) is 0 Å². The van der Waals surface area contributed by atoms with Crippen molar-refractivity contribution in [2.75, 3.05) is 5.75 Å². The summed E-state index contributed by atoms with van der Waals surface area (Å²) in [6.45, 7) is 3.81. The van der Waals surface area contributed by atoms with Crippen molar-refractivity contribution in [1.82, 2.24) is 4.98 Å². The fourth-order valence-electron chi connectivity index (χ4n) is 1.27. The normalized spacial score (nSPS) is 10.0. The van der Waals surface area contributed by atoms with Crippen molar-refractivity contribution in [1.29, 1.82) is 10.5 Å². The summed E-state index contributed by atoms with van der Waals surface area (Å²) in [6.07, 6.45) is 3.19. The van der Waals surface area contributed by atoms with E-state index >= 15 is 0 Å². The molecule has 4 heteroatoms. The van der Waals surface area contributed by atoms with E-state index in [1.165, 1.54) is 17.8 Å². The average molecular weight is 229 g/mol. The SMILES string of the molecule is Cc1cc(C)c(C#N)c(SC/C=C/C#N)n1. The van der Waals surface area contributed by atoms with Gasteiger partial charge in [0.1, 0.15) is 11.1 Å². The topological polar surface area (TPSA) is 60.5 Å². The maximum absolute atomic E-state index is 9.02. The molecular formula is C12H11N3S. The lowest BCUT2D eigenvalue weighted by molar-refractivity contribution is 1.03. The number of aryl methyl sites for hydroxylation is 2. The van der Waals surface area contributed by atoms with Crippen LogP contribution < -0.4 is 0 Å². The monoisotopic (exact) mass is 229 g/mol. The molecule has 0 atom stereocenters. The minimum Gasteiger partial charge on any atom is -0.245 e. The molecule has 0 amide bonds. The lowest BCUT2D eigenvalue weighted by Gasteiger charge is -2.05. The number of allylic oxidation sites excluding steroid dienone is 1. The molecule has 0 radical (unpaired) electrons. The minimum absolute atomic E-state index is 0.626. The van der Waals surface area contributed by atoms with Crippen molar-refractivity contribution in [3.05, 3.63) is 35.0 Å². The lowest BCUT2D eigenvalue weighted by Crippen LogP contribution is -1.94. The first kappa shape index (κ1) is 12.3. The quantitative estimate of drug-likeness (QED) is 0.590. The molecule has 3 nitrogen and oxygen atoms in total. The lowest BCUT2D eigenvalue weighted by atomic mass is 10.1. The smallest absolute Gasteiger partial charge is 0.115 e. The Bertz CT molecular complexity index is 492. The van der Waals surface area contributed by atoms with Crippen molar-refractivity contribution in [3.63, 3.8) is 0 Å². The predicted molar refractivity (Wildman–Crippen MR) is 63.9 cm³/mol. The highest BCUT2D eigenvalue weighted by Gasteiger charge is 2.07. The summed E-state index contributed by atoms with van der Waals surface area (Å²) in [5.74, 6) is 0.651. The first-order chi connectivity index (χ1) is 7.69. The zero-order valence-electron chi connectivity index (χ0n) is 9.19. The Morgan fingerprint density at radius 1 is 1.44 bits per heavy atom. The van der Waals surface area contributed by atoms with E-state index in [-0.39, 0.29) is 0 Å². The van der Waals surface area contributed by atoms with Crippen molar-refractivity contribution in [3.8, 4) is 12.1 Å². The van der Waals surface area contributed by atoms with E-state index in [1.807, 2.05) is 26.0 Å². The van der Waals surface area contributed by atoms with E-state index < -0.39 is 0 Å². The van der Waals surface area contributed by atoms with Gasteiger partial charge in [0.2, 0.25) is 0 Å². The standard InChI is InChI=1S/C12H11N3S/c1-9-7-10(2)15-12(11(9)8-14)16-6-4-3-5-13/h3-4,7H,6H2,1-2H3/b4-3+. The molecule has 0 unspecified atom stereocenters. The molecule has 0 aliphatic heterocycles. The Balaban J connectivity index is 2.92. The maximum atomic E-state index is 9.02. The molecule has 0 aliphatic rings. The molecular weight excluding hydrogens is 218 g/mol. The molecule has 0 saturated heterocycles. The molecule has 1 aromatic heterocycles. The summed E-state index contributed by atoms with van der Waals surface area (Å²) < 4.78 is 0.